The zero-order valence-corrected chi connectivity index (χ0v) is 10.7. The van der Waals surface area contributed by atoms with Crippen molar-refractivity contribution in [2.75, 3.05) is 38.2 Å². The Morgan fingerprint density at radius 3 is 2.94 bits per heavy atom. The van der Waals surface area contributed by atoms with E-state index in [1.165, 1.54) is 0 Å². The van der Waals surface area contributed by atoms with E-state index in [-0.39, 0.29) is 5.91 Å². The Hall–Kier alpha value is -1.62. The lowest BCUT2D eigenvalue weighted by atomic mass is 10.2. The number of anilines is 1. The Balaban J connectivity index is 2.04. The number of aromatic nitrogens is 1. The van der Waals surface area contributed by atoms with Gasteiger partial charge in [-0.2, -0.15) is 0 Å². The molecule has 2 rings (SSSR count). The molecule has 0 bridgehead atoms. The number of morpholine rings is 1. The molecule has 0 unspecified atom stereocenters. The molecule has 0 saturated carbocycles. The van der Waals surface area contributed by atoms with Gasteiger partial charge >= 0.3 is 0 Å². The number of pyridine rings is 1. The molecule has 1 amide bonds. The van der Waals surface area contributed by atoms with Crippen LogP contribution in [-0.2, 0) is 4.74 Å². The number of nitrogens with zero attached hydrogens (tertiary/aromatic N) is 2. The van der Waals surface area contributed by atoms with Gasteiger partial charge < -0.3 is 15.0 Å². The molecule has 0 aliphatic carbocycles. The largest absolute Gasteiger partial charge is 0.384 e. The second-order valence-corrected chi connectivity index (χ2v) is 4.29. The molecule has 0 aromatic carbocycles. The lowest BCUT2D eigenvalue weighted by Gasteiger charge is -2.26. The lowest BCUT2D eigenvalue weighted by molar-refractivity contribution is 0.0302. The van der Waals surface area contributed by atoms with Gasteiger partial charge in [0.2, 0.25) is 0 Å². The number of nitrogens with one attached hydrogen (secondary N) is 1. The first-order valence-corrected chi connectivity index (χ1v) is 6.37. The van der Waals surface area contributed by atoms with Crippen LogP contribution in [0.1, 0.15) is 23.7 Å². The predicted molar refractivity (Wildman–Crippen MR) is 69.7 cm³/mol. The van der Waals surface area contributed by atoms with Gasteiger partial charge in [0.25, 0.3) is 5.91 Å². The van der Waals surface area contributed by atoms with Crippen molar-refractivity contribution in [2.24, 2.45) is 0 Å². The first-order chi connectivity index (χ1) is 8.81. The van der Waals surface area contributed by atoms with E-state index in [9.17, 15) is 4.79 Å². The third-order valence-corrected chi connectivity index (χ3v) is 2.86. The number of hydrogen-bond acceptors (Lipinski definition) is 4. The van der Waals surface area contributed by atoms with E-state index in [0.29, 0.717) is 31.9 Å². The van der Waals surface area contributed by atoms with Crippen LogP contribution in [0.25, 0.3) is 0 Å². The van der Waals surface area contributed by atoms with Crippen molar-refractivity contribution < 1.29 is 9.53 Å². The number of amides is 1. The van der Waals surface area contributed by atoms with Crippen molar-refractivity contribution >= 4 is 11.6 Å². The Kier molecular flexibility index (Phi) is 4.52. The molecule has 2 heterocycles. The van der Waals surface area contributed by atoms with Crippen molar-refractivity contribution in [1.29, 1.82) is 0 Å². The van der Waals surface area contributed by atoms with Crippen LogP contribution in [0.4, 0.5) is 5.69 Å². The highest BCUT2D eigenvalue weighted by Gasteiger charge is 2.18. The second kappa shape index (κ2) is 6.35. The number of carbonyl (C=O) groups is 1. The van der Waals surface area contributed by atoms with Crippen LogP contribution in [0.5, 0.6) is 0 Å². The molecule has 1 fully saturated rings. The molecule has 1 saturated heterocycles. The third-order valence-electron chi connectivity index (χ3n) is 2.86. The molecule has 1 aliphatic rings. The van der Waals surface area contributed by atoms with Gasteiger partial charge in [0.05, 0.1) is 24.5 Å². The van der Waals surface area contributed by atoms with Gasteiger partial charge in [-0.15, -0.1) is 0 Å². The second-order valence-electron chi connectivity index (χ2n) is 4.29. The Labute approximate surface area is 107 Å². The number of carbonyl (C=O) groups excluding carboxylic acids is 1. The monoisotopic (exact) mass is 249 g/mol. The Morgan fingerprint density at radius 1 is 1.44 bits per heavy atom. The lowest BCUT2D eigenvalue weighted by Crippen LogP contribution is -2.40. The molecule has 1 aliphatic heterocycles. The highest BCUT2D eigenvalue weighted by Crippen LogP contribution is 2.12. The van der Waals surface area contributed by atoms with Gasteiger partial charge in [-0.3, -0.25) is 9.78 Å². The normalized spacial score (nSPS) is 15.5. The molecular weight excluding hydrogens is 230 g/mol. The predicted octanol–water partition coefficient (Wildman–Crippen LogP) is 1.38. The summed E-state index contributed by atoms with van der Waals surface area (Å²) in [5, 5.41) is 3.23. The molecular formula is C13H19N3O2. The first kappa shape index (κ1) is 12.8. The summed E-state index contributed by atoms with van der Waals surface area (Å²) in [7, 11) is 0. The Bertz CT molecular complexity index is 403. The standard InChI is InChI=1S/C13H19N3O2/c1-2-3-15-12-8-11(9-14-10-12)13(17)16-4-6-18-7-5-16/h8-10,15H,2-7H2,1H3. The summed E-state index contributed by atoms with van der Waals surface area (Å²) < 4.78 is 5.24. The Morgan fingerprint density at radius 2 is 2.22 bits per heavy atom. The zero-order chi connectivity index (χ0) is 12.8. The smallest absolute Gasteiger partial charge is 0.255 e. The van der Waals surface area contributed by atoms with Gasteiger partial charge in [-0.1, -0.05) is 6.92 Å². The highest BCUT2D eigenvalue weighted by molar-refractivity contribution is 5.94. The molecule has 1 aromatic heterocycles. The van der Waals surface area contributed by atoms with E-state index in [2.05, 4.69) is 17.2 Å². The first-order valence-electron chi connectivity index (χ1n) is 6.37. The van der Waals surface area contributed by atoms with E-state index in [1.807, 2.05) is 11.0 Å². The molecule has 0 radical (unpaired) electrons. The van der Waals surface area contributed by atoms with Crippen LogP contribution in [0, 0.1) is 0 Å². The minimum Gasteiger partial charge on any atom is -0.384 e. The molecule has 98 valence electrons. The van der Waals surface area contributed by atoms with Gasteiger partial charge in [-0.05, 0) is 12.5 Å². The summed E-state index contributed by atoms with van der Waals surface area (Å²) in [6.45, 7) is 5.54. The molecule has 5 nitrogen and oxygen atoms in total. The van der Waals surface area contributed by atoms with Gasteiger partial charge in [-0.25, -0.2) is 0 Å². The van der Waals surface area contributed by atoms with Gasteiger partial charge in [0, 0.05) is 32.0 Å². The minimum absolute atomic E-state index is 0.0333. The van der Waals surface area contributed by atoms with Crippen LogP contribution < -0.4 is 5.32 Å². The SMILES string of the molecule is CCCNc1cncc(C(=O)N2CCOCC2)c1. The van der Waals surface area contributed by atoms with Crippen LogP contribution in [-0.4, -0.2) is 48.6 Å². The van der Waals surface area contributed by atoms with E-state index < -0.39 is 0 Å². The van der Waals surface area contributed by atoms with Gasteiger partial charge in [0.1, 0.15) is 0 Å². The van der Waals surface area contributed by atoms with Crippen molar-refractivity contribution in [2.45, 2.75) is 13.3 Å². The van der Waals surface area contributed by atoms with Crippen molar-refractivity contribution in [3.05, 3.63) is 24.0 Å². The highest BCUT2D eigenvalue weighted by atomic mass is 16.5. The van der Waals surface area contributed by atoms with E-state index in [4.69, 9.17) is 4.74 Å². The summed E-state index contributed by atoms with van der Waals surface area (Å²) >= 11 is 0. The maximum Gasteiger partial charge on any atom is 0.255 e. The van der Waals surface area contributed by atoms with E-state index >= 15 is 0 Å². The van der Waals surface area contributed by atoms with Crippen LogP contribution >= 0.6 is 0 Å². The minimum atomic E-state index is 0.0333. The van der Waals surface area contributed by atoms with Crippen LogP contribution in [0.2, 0.25) is 0 Å². The van der Waals surface area contributed by atoms with E-state index in [1.54, 1.807) is 12.4 Å². The van der Waals surface area contributed by atoms with Crippen molar-refractivity contribution in [1.82, 2.24) is 9.88 Å². The maximum absolute atomic E-state index is 12.2. The molecule has 0 atom stereocenters. The summed E-state index contributed by atoms with van der Waals surface area (Å²) in [6.07, 6.45) is 4.41. The summed E-state index contributed by atoms with van der Waals surface area (Å²) in [5.74, 6) is 0.0333. The van der Waals surface area contributed by atoms with Crippen LogP contribution in [0.3, 0.4) is 0 Å². The molecule has 18 heavy (non-hydrogen) atoms. The summed E-state index contributed by atoms with van der Waals surface area (Å²) in [6, 6.07) is 1.86. The average Bonchev–Trinajstić information content (AvgIpc) is 2.45. The summed E-state index contributed by atoms with van der Waals surface area (Å²) in [5.41, 5.74) is 1.54. The van der Waals surface area contributed by atoms with Crippen molar-refractivity contribution in [3.8, 4) is 0 Å². The zero-order valence-electron chi connectivity index (χ0n) is 10.7. The quantitative estimate of drug-likeness (QED) is 0.875. The molecule has 1 aromatic rings. The number of rotatable bonds is 4. The van der Waals surface area contributed by atoms with Crippen molar-refractivity contribution in [3.63, 3.8) is 0 Å². The number of ether oxygens (including phenoxy) is 1. The third kappa shape index (κ3) is 3.20. The fourth-order valence-corrected chi connectivity index (χ4v) is 1.87. The van der Waals surface area contributed by atoms with Crippen LogP contribution in [0.15, 0.2) is 18.5 Å². The number of hydrogen-bond donors (Lipinski definition) is 1. The molecule has 0 spiro atoms. The fraction of sp³-hybridized carbons (Fsp3) is 0.538. The molecule has 5 heteroatoms. The van der Waals surface area contributed by atoms with Gasteiger partial charge in [0.15, 0.2) is 0 Å². The summed E-state index contributed by atoms with van der Waals surface area (Å²) in [4.78, 5) is 18.2. The fourth-order valence-electron chi connectivity index (χ4n) is 1.87. The maximum atomic E-state index is 12.2. The van der Waals surface area contributed by atoms with E-state index in [0.717, 1.165) is 18.7 Å². The average molecular weight is 249 g/mol. The topological polar surface area (TPSA) is 54.5 Å². The molecule has 1 N–H and O–H groups in total.